The number of benzene rings is 2. The van der Waals surface area contributed by atoms with Crippen LogP contribution in [0.25, 0.3) is 33.3 Å². The predicted octanol–water partition coefficient (Wildman–Crippen LogP) is 4.02. The highest BCUT2D eigenvalue weighted by atomic mass is 16.2. The molecule has 0 saturated carbocycles. The number of aryl methyl sites for hydroxylation is 1. The van der Waals surface area contributed by atoms with Crippen molar-refractivity contribution >= 4 is 10.9 Å². The Morgan fingerprint density at radius 3 is 2.38 bits per heavy atom. The van der Waals surface area contributed by atoms with Crippen molar-refractivity contribution in [2.45, 2.75) is 25.8 Å². The average molecular weight is 385 g/mol. The van der Waals surface area contributed by atoms with E-state index in [4.69, 9.17) is 10.1 Å². The summed E-state index contributed by atoms with van der Waals surface area (Å²) >= 11 is 0. The van der Waals surface area contributed by atoms with Crippen LogP contribution in [0.1, 0.15) is 24.1 Å². The molecule has 0 unspecified atom stereocenters. The van der Waals surface area contributed by atoms with Gasteiger partial charge in [0.1, 0.15) is 0 Å². The van der Waals surface area contributed by atoms with Gasteiger partial charge in [0.25, 0.3) is 0 Å². The van der Waals surface area contributed by atoms with Crippen LogP contribution in [0.15, 0.2) is 72.9 Å². The smallest absolute Gasteiger partial charge is 0.0997 e. The summed E-state index contributed by atoms with van der Waals surface area (Å²) < 4.78 is 0. The van der Waals surface area contributed by atoms with E-state index in [-0.39, 0.29) is 6.61 Å². The summed E-state index contributed by atoms with van der Waals surface area (Å²) in [5.74, 6) is 0. The Bertz CT molecular complexity index is 1090. The molecule has 0 spiro atoms. The minimum Gasteiger partial charge on any atom is -0.396 e. The minimum absolute atomic E-state index is 0.214. The Morgan fingerprint density at radius 1 is 0.862 bits per heavy atom. The van der Waals surface area contributed by atoms with Crippen molar-refractivity contribution < 1.29 is 10.8 Å². The maximum Gasteiger partial charge on any atom is 0.0997 e. The first-order valence-corrected chi connectivity index (χ1v) is 10.1. The van der Waals surface area contributed by atoms with Gasteiger partial charge in [-0.25, -0.2) is 4.98 Å². The molecule has 0 atom stereocenters. The van der Waals surface area contributed by atoms with Crippen LogP contribution in [0.2, 0.25) is 0 Å². The summed E-state index contributed by atoms with van der Waals surface area (Å²) in [7, 11) is 0. The van der Waals surface area contributed by atoms with Crippen LogP contribution in [-0.4, -0.2) is 21.7 Å². The van der Waals surface area contributed by atoms with Crippen molar-refractivity contribution in [1.82, 2.24) is 9.97 Å². The predicted molar refractivity (Wildman–Crippen MR) is 117 cm³/mol. The lowest BCUT2D eigenvalue weighted by Crippen LogP contribution is -2.47. The second-order valence-electron chi connectivity index (χ2n) is 7.20. The second-order valence-corrected chi connectivity index (χ2v) is 7.20. The van der Waals surface area contributed by atoms with E-state index in [9.17, 15) is 0 Å². The van der Waals surface area contributed by atoms with Crippen LogP contribution < -0.4 is 5.73 Å². The summed E-state index contributed by atoms with van der Waals surface area (Å²) in [5.41, 5.74) is 11.5. The van der Waals surface area contributed by atoms with Crippen LogP contribution in [0, 0.1) is 0 Å². The molecule has 4 rings (SSSR count). The fraction of sp³-hybridized carbons (Fsp3) is 0.200. The number of hydrogen-bond donors (Lipinski definition) is 2. The number of pyridine rings is 2. The molecule has 2 aromatic heterocycles. The normalized spacial score (nSPS) is 11.1. The lowest BCUT2D eigenvalue weighted by molar-refractivity contribution is -0.386. The topological polar surface area (TPSA) is 73.7 Å². The van der Waals surface area contributed by atoms with Crippen LogP contribution >= 0.6 is 0 Å². The highest BCUT2D eigenvalue weighted by Crippen LogP contribution is 2.34. The van der Waals surface area contributed by atoms with Gasteiger partial charge in [0.05, 0.1) is 17.8 Å². The lowest BCUT2D eigenvalue weighted by atomic mass is 9.96. The number of rotatable bonds is 7. The van der Waals surface area contributed by atoms with Crippen LogP contribution in [0.3, 0.4) is 0 Å². The van der Waals surface area contributed by atoms with Crippen molar-refractivity contribution in [3.8, 4) is 22.4 Å². The first-order chi connectivity index (χ1) is 14.3. The molecule has 0 fully saturated rings. The third-order valence-electron chi connectivity index (χ3n) is 5.25. The molecule has 0 aliphatic heterocycles. The lowest BCUT2D eigenvalue weighted by Gasteiger charge is -2.13. The van der Waals surface area contributed by atoms with Crippen molar-refractivity contribution in [1.29, 1.82) is 0 Å². The number of quaternary nitrogens is 1. The number of aromatic nitrogens is 2. The summed E-state index contributed by atoms with van der Waals surface area (Å²) in [6.07, 6.45) is 4.37. The zero-order chi connectivity index (χ0) is 20.1. The summed E-state index contributed by atoms with van der Waals surface area (Å²) in [6, 6.07) is 23.1. The Kier molecular flexibility index (Phi) is 5.94. The van der Waals surface area contributed by atoms with E-state index < -0.39 is 0 Å². The van der Waals surface area contributed by atoms with E-state index in [1.807, 2.05) is 18.3 Å². The summed E-state index contributed by atoms with van der Waals surface area (Å²) in [6.45, 7) is 0.992. The van der Waals surface area contributed by atoms with Crippen LogP contribution in [0.4, 0.5) is 0 Å². The maximum absolute atomic E-state index is 9.11. The molecular weight excluding hydrogens is 358 g/mol. The van der Waals surface area contributed by atoms with Gasteiger partial charge in [-0.15, -0.1) is 0 Å². The van der Waals surface area contributed by atoms with Gasteiger partial charge in [0, 0.05) is 40.6 Å². The molecule has 0 aliphatic carbocycles. The third-order valence-corrected chi connectivity index (χ3v) is 5.25. The molecule has 4 nitrogen and oxygen atoms in total. The van der Waals surface area contributed by atoms with Crippen LogP contribution in [-0.2, 0) is 13.0 Å². The molecule has 146 valence electrons. The SMILES string of the molecule is [NH3+]Cc1ccc(-c2nc3ccnc(CCCCO)c3cc2-c2ccccc2)cc1. The van der Waals surface area contributed by atoms with Gasteiger partial charge in [-0.05, 0) is 37.0 Å². The van der Waals surface area contributed by atoms with Gasteiger partial charge in [0.2, 0.25) is 0 Å². The number of aliphatic hydroxyl groups is 1. The van der Waals surface area contributed by atoms with E-state index in [1.165, 1.54) is 5.56 Å². The second kappa shape index (κ2) is 8.95. The Labute approximate surface area is 171 Å². The zero-order valence-corrected chi connectivity index (χ0v) is 16.5. The average Bonchev–Trinajstić information content (AvgIpc) is 2.79. The molecule has 2 aromatic carbocycles. The first kappa shape index (κ1) is 19.2. The maximum atomic E-state index is 9.11. The van der Waals surface area contributed by atoms with Gasteiger partial charge in [-0.3, -0.25) is 4.98 Å². The molecule has 29 heavy (non-hydrogen) atoms. The number of unbranched alkanes of at least 4 members (excludes halogenated alkanes) is 1. The van der Waals surface area contributed by atoms with E-state index in [0.29, 0.717) is 0 Å². The molecule has 0 aliphatic rings. The summed E-state index contributed by atoms with van der Waals surface area (Å²) in [4.78, 5) is 9.67. The monoisotopic (exact) mass is 384 g/mol. The van der Waals surface area contributed by atoms with E-state index >= 15 is 0 Å². The first-order valence-electron chi connectivity index (χ1n) is 10.1. The molecule has 0 amide bonds. The number of hydrogen-bond acceptors (Lipinski definition) is 3. The quantitative estimate of drug-likeness (QED) is 0.473. The Morgan fingerprint density at radius 2 is 1.66 bits per heavy atom. The molecule has 0 bridgehead atoms. The minimum atomic E-state index is 0.214. The van der Waals surface area contributed by atoms with Gasteiger partial charge in [0.15, 0.2) is 0 Å². The molecule has 0 radical (unpaired) electrons. The van der Waals surface area contributed by atoms with Crippen molar-refractivity contribution in [2.75, 3.05) is 6.61 Å². The van der Waals surface area contributed by atoms with Gasteiger partial charge in [-0.1, -0.05) is 54.6 Å². The van der Waals surface area contributed by atoms with E-state index in [1.54, 1.807) is 0 Å². The van der Waals surface area contributed by atoms with Crippen molar-refractivity contribution in [3.63, 3.8) is 0 Å². The Hall–Kier alpha value is -3.08. The van der Waals surface area contributed by atoms with E-state index in [2.05, 4.69) is 65.3 Å². The highest BCUT2D eigenvalue weighted by molar-refractivity contribution is 5.92. The van der Waals surface area contributed by atoms with Gasteiger partial charge < -0.3 is 10.8 Å². The Balaban J connectivity index is 1.89. The fourth-order valence-corrected chi connectivity index (χ4v) is 3.64. The summed E-state index contributed by atoms with van der Waals surface area (Å²) in [5, 5.41) is 10.2. The van der Waals surface area contributed by atoms with Gasteiger partial charge >= 0.3 is 0 Å². The number of aliphatic hydroxyl groups excluding tert-OH is 1. The third kappa shape index (κ3) is 4.19. The molecule has 4 N–H and O–H groups in total. The number of fused-ring (bicyclic) bond motifs is 1. The zero-order valence-electron chi connectivity index (χ0n) is 16.5. The molecule has 4 heteroatoms. The highest BCUT2D eigenvalue weighted by Gasteiger charge is 2.14. The molecular formula is C25H26N3O+. The molecule has 4 aromatic rings. The van der Waals surface area contributed by atoms with Crippen LogP contribution in [0.5, 0.6) is 0 Å². The fourth-order valence-electron chi connectivity index (χ4n) is 3.64. The molecule has 2 heterocycles. The number of nitrogens with zero attached hydrogens (tertiary/aromatic N) is 2. The largest absolute Gasteiger partial charge is 0.396 e. The van der Waals surface area contributed by atoms with Gasteiger partial charge in [-0.2, -0.15) is 0 Å². The standard InChI is InChI=1S/C25H25N3O/c26-17-18-9-11-20(12-10-18)25-21(19-6-2-1-3-7-19)16-22-23(8-4-5-15-29)27-14-13-24(22)28-25/h1-3,6-7,9-14,16,29H,4-5,8,15,17,26H2/p+1. The molecule has 0 saturated heterocycles. The van der Waals surface area contributed by atoms with Crippen molar-refractivity contribution in [2.24, 2.45) is 0 Å². The van der Waals surface area contributed by atoms with E-state index in [0.717, 1.165) is 64.8 Å². The van der Waals surface area contributed by atoms with Crippen molar-refractivity contribution in [3.05, 3.63) is 84.2 Å².